The van der Waals surface area contributed by atoms with E-state index >= 15 is 0 Å². The van der Waals surface area contributed by atoms with Crippen LogP contribution in [0.15, 0.2) is 42.9 Å². The van der Waals surface area contributed by atoms with Crippen molar-refractivity contribution in [2.45, 2.75) is 12.6 Å². The lowest BCUT2D eigenvalue weighted by Gasteiger charge is -2.34. The summed E-state index contributed by atoms with van der Waals surface area (Å²) in [7, 11) is 0. The van der Waals surface area contributed by atoms with Crippen molar-refractivity contribution in [3.05, 3.63) is 48.5 Å². The number of aromatic nitrogens is 3. The summed E-state index contributed by atoms with van der Waals surface area (Å²) in [5, 5.41) is 7.12. The second-order valence-electron chi connectivity index (χ2n) is 7.03. The van der Waals surface area contributed by atoms with Crippen molar-refractivity contribution < 1.29 is 27.9 Å². The number of carboxylic acids is 1. The Bertz CT molecular complexity index is 867. The van der Waals surface area contributed by atoms with Gasteiger partial charge in [0.2, 0.25) is 5.95 Å². The molecule has 0 aliphatic carbocycles. The average molecular weight is 423 g/mol. The van der Waals surface area contributed by atoms with Crippen molar-refractivity contribution in [1.29, 1.82) is 0 Å². The summed E-state index contributed by atoms with van der Waals surface area (Å²) in [6, 6.07) is 7.31. The maximum absolute atomic E-state index is 12.6. The molecule has 0 saturated carbocycles. The topological polar surface area (TPSA) is 99.5 Å². The highest BCUT2D eigenvalue weighted by Gasteiger charge is 2.40. The predicted octanol–water partition coefficient (Wildman–Crippen LogP) is 2.10. The Kier molecular flexibility index (Phi) is 6.48. The number of rotatable bonds is 2. The molecule has 2 fully saturated rings. The van der Waals surface area contributed by atoms with Crippen LogP contribution in [0.4, 0.5) is 19.1 Å². The van der Waals surface area contributed by atoms with E-state index in [0.717, 1.165) is 38.5 Å². The lowest BCUT2D eigenvalue weighted by atomic mass is 9.89. The lowest BCUT2D eigenvalue weighted by molar-refractivity contribution is -0.192. The molecule has 2 aromatic rings. The van der Waals surface area contributed by atoms with Gasteiger partial charge in [0.15, 0.2) is 0 Å². The average Bonchev–Trinajstić information content (AvgIpc) is 3.17. The smallest absolute Gasteiger partial charge is 0.475 e. The number of likely N-dealkylation sites (tertiary alicyclic amines) is 1. The molecule has 160 valence electrons. The number of aliphatic carboxylic acids is 1. The second-order valence-corrected chi connectivity index (χ2v) is 7.03. The molecule has 11 heteroatoms. The fourth-order valence-electron chi connectivity index (χ4n) is 3.62. The van der Waals surface area contributed by atoms with Gasteiger partial charge in [-0.1, -0.05) is 6.07 Å². The number of amides is 1. The summed E-state index contributed by atoms with van der Waals surface area (Å²) in [5.41, 5.74) is 0.536. The van der Waals surface area contributed by atoms with Crippen LogP contribution in [0.5, 0.6) is 0 Å². The summed E-state index contributed by atoms with van der Waals surface area (Å²) >= 11 is 0. The highest BCUT2D eigenvalue weighted by molar-refractivity contribution is 5.92. The largest absolute Gasteiger partial charge is 0.490 e. The zero-order valence-corrected chi connectivity index (χ0v) is 15.9. The zero-order valence-electron chi connectivity index (χ0n) is 15.9. The Morgan fingerprint density at radius 3 is 2.20 bits per heavy atom. The van der Waals surface area contributed by atoms with Crippen molar-refractivity contribution >= 4 is 17.8 Å². The van der Waals surface area contributed by atoms with E-state index in [1.54, 1.807) is 24.7 Å². The van der Waals surface area contributed by atoms with Gasteiger partial charge in [-0.3, -0.25) is 9.78 Å². The molecule has 2 atom stereocenters. The van der Waals surface area contributed by atoms with E-state index in [1.807, 2.05) is 23.1 Å². The van der Waals surface area contributed by atoms with Crippen LogP contribution in [0, 0.1) is 11.8 Å². The van der Waals surface area contributed by atoms with Crippen LogP contribution < -0.4 is 4.90 Å². The molecule has 4 heterocycles. The van der Waals surface area contributed by atoms with Crippen LogP contribution in [0.25, 0.3) is 0 Å². The van der Waals surface area contributed by atoms with Gasteiger partial charge in [0.25, 0.3) is 5.91 Å². The fourth-order valence-corrected chi connectivity index (χ4v) is 3.62. The highest BCUT2D eigenvalue weighted by Crippen LogP contribution is 2.32. The maximum atomic E-state index is 12.6. The Labute approximate surface area is 170 Å². The third-order valence-electron chi connectivity index (χ3n) is 5.05. The Balaban J connectivity index is 0.000000318. The van der Waals surface area contributed by atoms with E-state index in [0.29, 0.717) is 17.5 Å². The first kappa shape index (κ1) is 21.5. The van der Waals surface area contributed by atoms with Crippen LogP contribution >= 0.6 is 0 Å². The molecular formula is C19H20F3N5O3. The first-order valence-electron chi connectivity index (χ1n) is 9.28. The number of alkyl halides is 3. The number of fused-ring (bicyclic) bond motifs is 1. The number of nitrogens with zero attached hydrogens (tertiary/aromatic N) is 5. The predicted molar refractivity (Wildman–Crippen MR) is 99.7 cm³/mol. The normalized spacial score (nSPS) is 20.8. The van der Waals surface area contributed by atoms with E-state index in [1.165, 1.54) is 0 Å². The molecule has 2 aliphatic heterocycles. The molecule has 4 rings (SSSR count). The Morgan fingerprint density at radius 1 is 0.967 bits per heavy atom. The number of halogens is 3. The number of hydrogen-bond donors (Lipinski definition) is 1. The first-order valence-corrected chi connectivity index (χ1v) is 9.28. The molecule has 0 radical (unpaired) electrons. The number of hydrogen-bond acceptors (Lipinski definition) is 6. The van der Waals surface area contributed by atoms with Gasteiger partial charge in [0.05, 0.1) is 0 Å². The highest BCUT2D eigenvalue weighted by atomic mass is 19.4. The molecule has 2 saturated heterocycles. The minimum absolute atomic E-state index is 0.0440. The summed E-state index contributed by atoms with van der Waals surface area (Å²) in [6.07, 6.45) is 1.22. The van der Waals surface area contributed by atoms with Crippen molar-refractivity contribution in [2.75, 3.05) is 31.1 Å². The number of pyridine rings is 1. The standard InChI is InChI=1S/C17H19N5O.C2HF3O2/c23-16(15-4-1-2-6-18-15)22-10-13-5-9-21(11-14(13)12-22)17-19-7-3-8-20-17;3-2(4,5)1(6)7/h1-4,6-8,13-14H,5,9-12H2;(H,6,7)/t13-,14+;/m0./s1. The lowest BCUT2D eigenvalue weighted by Crippen LogP contribution is -2.40. The third kappa shape index (κ3) is 5.22. The molecule has 30 heavy (non-hydrogen) atoms. The molecule has 0 bridgehead atoms. The van der Waals surface area contributed by atoms with E-state index in [2.05, 4.69) is 19.9 Å². The SMILES string of the molecule is O=C(O)C(F)(F)F.O=C(c1ccccn1)N1C[C@@H]2CCN(c3ncccn3)C[C@@H]2C1. The molecule has 1 amide bonds. The number of carbonyl (C=O) groups is 2. The van der Waals surface area contributed by atoms with Gasteiger partial charge in [-0.25, -0.2) is 14.8 Å². The molecule has 2 aromatic heterocycles. The van der Waals surface area contributed by atoms with Crippen LogP contribution in [0.2, 0.25) is 0 Å². The summed E-state index contributed by atoms with van der Waals surface area (Å²) in [6.45, 7) is 3.50. The number of piperidine rings is 1. The molecule has 8 nitrogen and oxygen atoms in total. The van der Waals surface area contributed by atoms with Crippen molar-refractivity contribution in [1.82, 2.24) is 19.9 Å². The Hall–Kier alpha value is -3.24. The first-order chi connectivity index (χ1) is 14.3. The van der Waals surface area contributed by atoms with Crippen LogP contribution in [0.3, 0.4) is 0 Å². The number of carbonyl (C=O) groups excluding carboxylic acids is 1. The van der Waals surface area contributed by atoms with Crippen LogP contribution in [-0.4, -0.2) is 69.2 Å². The van der Waals surface area contributed by atoms with E-state index in [4.69, 9.17) is 9.90 Å². The summed E-state index contributed by atoms with van der Waals surface area (Å²) in [5.74, 6) is -0.863. The van der Waals surface area contributed by atoms with Crippen LogP contribution in [0.1, 0.15) is 16.9 Å². The molecular weight excluding hydrogens is 403 g/mol. The molecule has 2 aliphatic rings. The van der Waals surface area contributed by atoms with Gasteiger partial charge in [-0.05, 0) is 36.5 Å². The monoisotopic (exact) mass is 423 g/mol. The minimum Gasteiger partial charge on any atom is -0.475 e. The second kappa shape index (κ2) is 9.06. The van der Waals surface area contributed by atoms with E-state index < -0.39 is 12.1 Å². The van der Waals surface area contributed by atoms with Gasteiger partial charge in [0, 0.05) is 44.8 Å². The maximum Gasteiger partial charge on any atom is 0.490 e. The van der Waals surface area contributed by atoms with Crippen molar-refractivity contribution in [3.63, 3.8) is 0 Å². The Morgan fingerprint density at radius 2 is 1.60 bits per heavy atom. The van der Waals surface area contributed by atoms with Gasteiger partial charge < -0.3 is 14.9 Å². The van der Waals surface area contributed by atoms with E-state index in [9.17, 15) is 18.0 Å². The molecule has 1 N–H and O–H groups in total. The number of anilines is 1. The zero-order chi connectivity index (χ0) is 21.7. The number of carboxylic acid groups (broad SMARTS) is 1. The van der Waals surface area contributed by atoms with E-state index in [-0.39, 0.29) is 5.91 Å². The summed E-state index contributed by atoms with van der Waals surface area (Å²) in [4.78, 5) is 38.5. The quantitative estimate of drug-likeness (QED) is 0.790. The van der Waals surface area contributed by atoms with Gasteiger partial charge in [-0.15, -0.1) is 0 Å². The van der Waals surface area contributed by atoms with Gasteiger partial charge >= 0.3 is 12.1 Å². The van der Waals surface area contributed by atoms with Gasteiger partial charge in [0.1, 0.15) is 5.69 Å². The minimum atomic E-state index is -5.08. The third-order valence-corrected chi connectivity index (χ3v) is 5.05. The molecule has 0 aromatic carbocycles. The molecule has 0 unspecified atom stereocenters. The van der Waals surface area contributed by atoms with Crippen LogP contribution in [-0.2, 0) is 4.79 Å². The van der Waals surface area contributed by atoms with Crippen molar-refractivity contribution in [2.24, 2.45) is 11.8 Å². The molecule has 0 spiro atoms. The fraction of sp³-hybridized carbons (Fsp3) is 0.421. The van der Waals surface area contributed by atoms with Crippen molar-refractivity contribution in [3.8, 4) is 0 Å². The van der Waals surface area contributed by atoms with Gasteiger partial charge in [-0.2, -0.15) is 13.2 Å². The summed E-state index contributed by atoms with van der Waals surface area (Å²) < 4.78 is 31.7.